The Balaban J connectivity index is 2.70. The van der Waals surface area contributed by atoms with Crippen LogP contribution in [0.1, 0.15) is 18.9 Å². The summed E-state index contributed by atoms with van der Waals surface area (Å²) >= 11 is 0. The van der Waals surface area contributed by atoms with E-state index in [-0.39, 0.29) is 6.61 Å². The molecular formula is C13H16O2. The first-order valence-corrected chi connectivity index (χ1v) is 5.24. The van der Waals surface area contributed by atoms with E-state index in [0.29, 0.717) is 5.92 Å². The molecule has 0 amide bonds. The number of hydrogen-bond acceptors (Lipinski definition) is 2. The Morgan fingerprint density at radius 3 is 2.93 bits per heavy atom. The highest BCUT2D eigenvalue weighted by Gasteiger charge is 2.06. The van der Waals surface area contributed by atoms with Gasteiger partial charge in [-0.2, -0.15) is 0 Å². The van der Waals surface area contributed by atoms with Gasteiger partial charge in [0.05, 0.1) is 13.7 Å². The van der Waals surface area contributed by atoms with Crippen molar-refractivity contribution in [3.05, 3.63) is 28.1 Å². The third kappa shape index (κ3) is 1.90. The van der Waals surface area contributed by atoms with Gasteiger partial charge in [0.15, 0.2) is 0 Å². The number of methoxy groups -OCH3 is 1. The average Bonchev–Trinajstić information content (AvgIpc) is 2.27. The summed E-state index contributed by atoms with van der Waals surface area (Å²) in [5.74, 6) is 1.42. The van der Waals surface area contributed by atoms with Crippen LogP contribution in [0.25, 0.3) is 12.2 Å². The number of aliphatic hydroxyl groups excluding tert-OH is 1. The number of aliphatic hydroxyl groups is 1. The third-order valence-electron chi connectivity index (χ3n) is 2.80. The SMILES string of the molecule is COc1cc(CO)cc2c1=CC(C)CC=2. The first-order chi connectivity index (χ1) is 7.24. The molecule has 0 heterocycles. The van der Waals surface area contributed by atoms with Crippen LogP contribution in [-0.4, -0.2) is 12.2 Å². The third-order valence-corrected chi connectivity index (χ3v) is 2.80. The largest absolute Gasteiger partial charge is 0.496 e. The molecule has 0 aliphatic heterocycles. The normalized spacial score (nSPS) is 18.7. The highest BCUT2D eigenvalue weighted by molar-refractivity contribution is 5.47. The Morgan fingerprint density at radius 1 is 1.47 bits per heavy atom. The summed E-state index contributed by atoms with van der Waals surface area (Å²) in [5, 5.41) is 11.5. The second kappa shape index (κ2) is 4.07. The minimum absolute atomic E-state index is 0.0625. The minimum Gasteiger partial charge on any atom is -0.496 e. The highest BCUT2D eigenvalue weighted by Crippen LogP contribution is 2.11. The predicted molar refractivity (Wildman–Crippen MR) is 60.9 cm³/mol. The van der Waals surface area contributed by atoms with E-state index >= 15 is 0 Å². The molecule has 2 heteroatoms. The monoisotopic (exact) mass is 204 g/mol. The van der Waals surface area contributed by atoms with Gasteiger partial charge in [-0.15, -0.1) is 0 Å². The van der Waals surface area contributed by atoms with Crippen molar-refractivity contribution in [2.45, 2.75) is 20.0 Å². The van der Waals surface area contributed by atoms with Crippen molar-refractivity contribution < 1.29 is 9.84 Å². The van der Waals surface area contributed by atoms with Crippen LogP contribution >= 0.6 is 0 Å². The lowest BCUT2D eigenvalue weighted by atomic mass is 9.97. The molecule has 1 aromatic carbocycles. The summed E-state index contributed by atoms with van der Waals surface area (Å²) in [4.78, 5) is 0. The molecule has 0 fully saturated rings. The van der Waals surface area contributed by atoms with Gasteiger partial charge < -0.3 is 9.84 Å². The fraction of sp³-hybridized carbons (Fsp3) is 0.385. The lowest BCUT2D eigenvalue weighted by molar-refractivity contribution is 0.281. The van der Waals surface area contributed by atoms with E-state index < -0.39 is 0 Å². The zero-order valence-electron chi connectivity index (χ0n) is 9.16. The van der Waals surface area contributed by atoms with Crippen molar-refractivity contribution in [2.75, 3.05) is 7.11 Å². The summed E-state index contributed by atoms with van der Waals surface area (Å²) in [7, 11) is 1.67. The smallest absolute Gasteiger partial charge is 0.126 e. The lowest BCUT2D eigenvalue weighted by Crippen LogP contribution is -2.30. The second-order valence-corrected chi connectivity index (χ2v) is 4.04. The topological polar surface area (TPSA) is 29.5 Å². The van der Waals surface area contributed by atoms with E-state index in [1.54, 1.807) is 7.11 Å². The molecule has 0 saturated heterocycles. The van der Waals surface area contributed by atoms with Gasteiger partial charge in [0.1, 0.15) is 5.75 Å². The fourth-order valence-electron chi connectivity index (χ4n) is 1.98. The summed E-state index contributed by atoms with van der Waals surface area (Å²) in [5.41, 5.74) is 0.907. The van der Waals surface area contributed by atoms with E-state index in [4.69, 9.17) is 9.84 Å². The van der Waals surface area contributed by atoms with Crippen LogP contribution in [0, 0.1) is 5.92 Å². The summed E-state index contributed by atoms with van der Waals surface area (Å²) in [6.45, 7) is 2.26. The minimum atomic E-state index is 0.0625. The van der Waals surface area contributed by atoms with Crippen LogP contribution in [0.15, 0.2) is 12.1 Å². The molecule has 1 aliphatic rings. The Hall–Kier alpha value is -1.28. The van der Waals surface area contributed by atoms with Gasteiger partial charge >= 0.3 is 0 Å². The number of rotatable bonds is 2. The average molecular weight is 204 g/mol. The Kier molecular flexibility index (Phi) is 2.78. The van der Waals surface area contributed by atoms with Crippen LogP contribution in [0.3, 0.4) is 0 Å². The van der Waals surface area contributed by atoms with Crippen molar-refractivity contribution in [3.63, 3.8) is 0 Å². The van der Waals surface area contributed by atoms with Crippen LogP contribution in [0.2, 0.25) is 0 Å². The molecule has 2 rings (SSSR count). The lowest BCUT2D eigenvalue weighted by Gasteiger charge is -2.11. The molecule has 1 unspecified atom stereocenters. The first-order valence-electron chi connectivity index (χ1n) is 5.24. The quantitative estimate of drug-likeness (QED) is 0.771. The maximum Gasteiger partial charge on any atom is 0.126 e. The van der Waals surface area contributed by atoms with E-state index in [0.717, 1.165) is 23.0 Å². The molecule has 1 aliphatic carbocycles. The highest BCUT2D eigenvalue weighted by atomic mass is 16.5. The summed E-state index contributed by atoms with van der Waals surface area (Å²) in [6.07, 6.45) is 5.50. The van der Waals surface area contributed by atoms with Crippen molar-refractivity contribution in [3.8, 4) is 5.75 Å². The maximum absolute atomic E-state index is 9.13. The van der Waals surface area contributed by atoms with Gasteiger partial charge in [-0.1, -0.05) is 19.1 Å². The molecule has 0 bridgehead atoms. The van der Waals surface area contributed by atoms with Gasteiger partial charge in [0.2, 0.25) is 0 Å². The standard InChI is InChI=1S/C13H16O2/c1-9-3-4-11-6-10(8-14)7-13(15-2)12(11)5-9/h4-7,9,14H,3,8H2,1-2H3. The molecule has 0 saturated carbocycles. The number of fused-ring (bicyclic) bond motifs is 1. The number of benzene rings is 1. The van der Waals surface area contributed by atoms with Crippen LogP contribution in [0.5, 0.6) is 5.75 Å². The van der Waals surface area contributed by atoms with Crippen molar-refractivity contribution in [1.29, 1.82) is 0 Å². The number of hydrogen-bond donors (Lipinski definition) is 1. The number of ether oxygens (including phenoxy) is 1. The summed E-state index contributed by atoms with van der Waals surface area (Å²) < 4.78 is 5.34. The van der Waals surface area contributed by atoms with Gasteiger partial charge in [0, 0.05) is 5.22 Å². The molecule has 1 N–H and O–H groups in total. The fourth-order valence-corrected chi connectivity index (χ4v) is 1.98. The van der Waals surface area contributed by atoms with Crippen LogP contribution in [0.4, 0.5) is 0 Å². The van der Waals surface area contributed by atoms with Gasteiger partial charge in [-0.05, 0) is 35.3 Å². The zero-order valence-corrected chi connectivity index (χ0v) is 9.16. The molecule has 15 heavy (non-hydrogen) atoms. The molecule has 0 radical (unpaired) electrons. The van der Waals surface area contributed by atoms with Crippen LogP contribution < -0.4 is 15.2 Å². The molecule has 0 aromatic heterocycles. The molecule has 80 valence electrons. The van der Waals surface area contributed by atoms with Gasteiger partial charge in [-0.25, -0.2) is 0 Å². The van der Waals surface area contributed by atoms with Crippen molar-refractivity contribution in [2.24, 2.45) is 5.92 Å². The summed E-state index contributed by atoms with van der Waals surface area (Å²) in [6, 6.07) is 3.93. The van der Waals surface area contributed by atoms with Gasteiger partial charge in [0.25, 0.3) is 0 Å². The van der Waals surface area contributed by atoms with Crippen molar-refractivity contribution in [1.82, 2.24) is 0 Å². The zero-order chi connectivity index (χ0) is 10.8. The van der Waals surface area contributed by atoms with E-state index in [9.17, 15) is 0 Å². The molecule has 2 nitrogen and oxygen atoms in total. The van der Waals surface area contributed by atoms with Gasteiger partial charge in [-0.3, -0.25) is 0 Å². The van der Waals surface area contributed by atoms with E-state index in [1.165, 1.54) is 5.22 Å². The Bertz CT molecular complexity index is 474. The predicted octanol–water partition coefficient (Wildman–Crippen LogP) is 0.788. The van der Waals surface area contributed by atoms with E-state index in [2.05, 4.69) is 19.1 Å². The molecule has 0 spiro atoms. The Morgan fingerprint density at radius 2 is 2.27 bits per heavy atom. The Labute approximate surface area is 89.5 Å². The van der Waals surface area contributed by atoms with E-state index in [1.807, 2.05) is 12.1 Å². The molecular weight excluding hydrogens is 188 g/mol. The van der Waals surface area contributed by atoms with Crippen LogP contribution in [-0.2, 0) is 6.61 Å². The molecule has 1 atom stereocenters. The second-order valence-electron chi connectivity index (χ2n) is 4.04. The first kappa shape index (κ1) is 10.2. The molecule has 1 aromatic rings. The van der Waals surface area contributed by atoms with Crippen molar-refractivity contribution >= 4 is 12.2 Å². The maximum atomic E-state index is 9.13.